The number of halogens is 3. The first-order valence-corrected chi connectivity index (χ1v) is 7.59. The zero-order valence-corrected chi connectivity index (χ0v) is 12.4. The summed E-state index contributed by atoms with van der Waals surface area (Å²) in [5, 5.41) is 0.660. The number of nitrogens with zero attached hydrogens (tertiary/aromatic N) is 1. The summed E-state index contributed by atoms with van der Waals surface area (Å²) < 4.78 is 26.6. The fourth-order valence-electron chi connectivity index (χ4n) is 1.34. The van der Waals surface area contributed by atoms with Gasteiger partial charge in [-0.2, -0.15) is 0 Å². The molecule has 0 aliphatic heterocycles. The topological polar surface area (TPSA) is 59.1 Å². The molecular formula is C11H7Cl3N2O2S. The Morgan fingerprint density at radius 3 is 2.47 bits per heavy atom. The molecule has 0 saturated carbocycles. The molecule has 0 radical (unpaired) electrons. The van der Waals surface area contributed by atoms with Crippen LogP contribution in [-0.4, -0.2) is 13.4 Å². The molecular weight excluding hydrogens is 331 g/mol. The van der Waals surface area contributed by atoms with E-state index >= 15 is 0 Å². The van der Waals surface area contributed by atoms with Crippen molar-refractivity contribution < 1.29 is 8.42 Å². The van der Waals surface area contributed by atoms with E-state index < -0.39 is 10.0 Å². The van der Waals surface area contributed by atoms with E-state index in [1.165, 1.54) is 24.4 Å². The first kappa shape index (κ1) is 14.4. The second kappa shape index (κ2) is 5.54. The summed E-state index contributed by atoms with van der Waals surface area (Å²) in [6, 6.07) is 5.84. The fraction of sp³-hybridized carbons (Fsp3) is 0. The van der Waals surface area contributed by atoms with Gasteiger partial charge in [0.05, 0.1) is 15.7 Å². The summed E-state index contributed by atoms with van der Waals surface area (Å²) in [5.74, 6) is 0. The summed E-state index contributed by atoms with van der Waals surface area (Å²) >= 11 is 17.5. The van der Waals surface area contributed by atoms with Crippen LogP contribution in [0, 0.1) is 0 Å². The third-order valence-corrected chi connectivity index (χ3v) is 4.60. The third-order valence-electron chi connectivity index (χ3n) is 2.20. The Morgan fingerprint density at radius 2 is 1.79 bits per heavy atom. The monoisotopic (exact) mass is 336 g/mol. The molecule has 0 fully saturated rings. The molecule has 100 valence electrons. The van der Waals surface area contributed by atoms with Gasteiger partial charge in [0.25, 0.3) is 10.0 Å². The van der Waals surface area contributed by atoms with Gasteiger partial charge in [-0.1, -0.05) is 34.8 Å². The molecule has 0 aliphatic carbocycles. The van der Waals surface area contributed by atoms with Crippen molar-refractivity contribution in [2.75, 3.05) is 4.72 Å². The van der Waals surface area contributed by atoms with E-state index in [4.69, 9.17) is 34.8 Å². The van der Waals surface area contributed by atoms with Crippen molar-refractivity contribution >= 4 is 50.5 Å². The molecule has 0 aliphatic rings. The van der Waals surface area contributed by atoms with Gasteiger partial charge in [-0.25, -0.2) is 8.42 Å². The van der Waals surface area contributed by atoms with Crippen molar-refractivity contribution in [3.8, 4) is 0 Å². The van der Waals surface area contributed by atoms with Gasteiger partial charge in [0.2, 0.25) is 0 Å². The maximum Gasteiger partial charge on any atom is 0.264 e. The van der Waals surface area contributed by atoms with Crippen LogP contribution in [0.2, 0.25) is 15.1 Å². The number of nitrogens with one attached hydrogen (secondary N) is 1. The highest BCUT2D eigenvalue weighted by atomic mass is 35.5. The molecule has 0 atom stereocenters. The lowest BCUT2D eigenvalue weighted by atomic mass is 10.3. The molecule has 1 heterocycles. The third kappa shape index (κ3) is 3.30. The van der Waals surface area contributed by atoms with E-state index in [-0.39, 0.29) is 20.6 Å². The number of benzene rings is 1. The van der Waals surface area contributed by atoms with Crippen LogP contribution in [0.15, 0.2) is 41.6 Å². The molecule has 0 saturated heterocycles. The molecule has 2 aromatic rings. The number of sulfonamides is 1. The SMILES string of the molecule is O=S(=O)(Nc1cc(Cl)ccc1Cl)c1cnccc1Cl. The molecule has 0 spiro atoms. The van der Waals surface area contributed by atoms with Gasteiger partial charge in [0, 0.05) is 17.4 Å². The van der Waals surface area contributed by atoms with E-state index in [1.807, 2.05) is 0 Å². The van der Waals surface area contributed by atoms with Crippen LogP contribution < -0.4 is 4.72 Å². The molecule has 19 heavy (non-hydrogen) atoms. The lowest BCUT2D eigenvalue weighted by molar-refractivity contribution is 0.601. The zero-order valence-electron chi connectivity index (χ0n) is 9.27. The van der Waals surface area contributed by atoms with Crippen molar-refractivity contribution in [3.63, 3.8) is 0 Å². The normalized spacial score (nSPS) is 11.3. The lowest BCUT2D eigenvalue weighted by Gasteiger charge is -2.10. The predicted molar refractivity (Wildman–Crippen MR) is 76.5 cm³/mol. The van der Waals surface area contributed by atoms with E-state index in [9.17, 15) is 8.42 Å². The lowest BCUT2D eigenvalue weighted by Crippen LogP contribution is -2.14. The Labute approximate surface area is 125 Å². The van der Waals surface area contributed by atoms with Crippen LogP contribution in [0.25, 0.3) is 0 Å². The van der Waals surface area contributed by atoms with E-state index in [2.05, 4.69) is 9.71 Å². The Hall–Kier alpha value is -1.01. The Morgan fingerprint density at radius 1 is 1.05 bits per heavy atom. The van der Waals surface area contributed by atoms with Crippen LogP contribution >= 0.6 is 34.8 Å². The second-order valence-electron chi connectivity index (χ2n) is 3.54. The average Bonchev–Trinajstić information content (AvgIpc) is 2.34. The van der Waals surface area contributed by atoms with Crippen molar-refractivity contribution in [2.24, 2.45) is 0 Å². The smallest absolute Gasteiger partial charge is 0.264 e. The molecule has 8 heteroatoms. The van der Waals surface area contributed by atoms with Crippen molar-refractivity contribution in [3.05, 3.63) is 51.7 Å². The summed E-state index contributed by atoms with van der Waals surface area (Å²) in [4.78, 5) is 3.60. The number of rotatable bonds is 3. The predicted octanol–water partition coefficient (Wildman–Crippen LogP) is 3.84. The van der Waals surface area contributed by atoms with Crippen molar-refractivity contribution in [1.29, 1.82) is 0 Å². The highest BCUT2D eigenvalue weighted by Gasteiger charge is 2.19. The van der Waals surface area contributed by atoms with Gasteiger partial charge in [-0.3, -0.25) is 9.71 Å². The molecule has 0 bridgehead atoms. The maximum atomic E-state index is 12.1. The van der Waals surface area contributed by atoms with Gasteiger partial charge in [0.1, 0.15) is 4.90 Å². The average molecular weight is 338 g/mol. The highest BCUT2D eigenvalue weighted by molar-refractivity contribution is 7.92. The number of hydrogen-bond donors (Lipinski definition) is 1. The van der Waals surface area contributed by atoms with Gasteiger partial charge in [-0.15, -0.1) is 0 Å². The number of aromatic nitrogens is 1. The first-order valence-electron chi connectivity index (χ1n) is 4.97. The maximum absolute atomic E-state index is 12.1. The van der Waals surface area contributed by atoms with Gasteiger partial charge < -0.3 is 0 Å². The molecule has 1 aromatic heterocycles. The van der Waals surface area contributed by atoms with Crippen molar-refractivity contribution in [1.82, 2.24) is 4.98 Å². The second-order valence-corrected chi connectivity index (χ2v) is 6.44. The molecule has 0 unspecified atom stereocenters. The number of hydrogen-bond acceptors (Lipinski definition) is 3. The summed E-state index contributed by atoms with van der Waals surface area (Å²) in [6.45, 7) is 0. The minimum atomic E-state index is -3.87. The summed E-state index contributed by atoms with van der Waals surface area (Å²) in [5.41, 5.74) is 0.175. The molecule has 2 rings (SSSR count). The minimum Gasteiger partial charge on any atom is -0.278 e. The van der Waals surface area contributed by atoms with Crippen LogP contribution in [0.3, 0.4) is 0 Å². The van der Waals surface area contributed by atoms with Crippen LogP contribution in [0.1, 0.15) is 0 Å². The quantitative estimate of drug-likeness (QED) is 0.925. The number of pyridine rings is 1. The number of anilines is 1. The summed E-state index contributed by atoms with van der Waals surface area (Å²) in [7, 11) is -3.87. The first-order chi connectivity index (χ1) is 8.90. The summed E-state index contributed by atoms with van der Waals surface area (Å²) in [6.07, 6.45) is 2.55. The fourth-order valence-corrected chi connectivity index (χ4v) is 3.23. The van der Waals surface area contributed by atoms with Gasteiger partial charge in [0.15, 0.2) is 0 Å². The van der Waals surface area contributed by atoms with Crippen LogP contribution in [-0.2, 0) is 10.0 Å². The van der Waals surface area contributed by atoms with Crippen molar-refractivity contribution in [2.45, 2.75) is 4.90 Å². The Balaban J connectivity index is 2.43. The van der Waals surface area contributed by atoms with E-state index in [0.29, 0.717) is 5.02 Å². The minimum absolute atomic E-state index is 0.0700. The largest absolute Gasteiger partial charge is 0.278 e. The van der Waals surface area contributed by atoms with Crippen LogP contribution in [0.5, 0.6) is 0 Å². The molecule has 4 nitrogen and oxygen atoms in total. The van der Waals surface area contributed by atoms with Gasteiger partial charge in [-0.05, 0) is 24.3 Å². The molecule has 1 aromatic carbocycles. The van der Waals surface area contributed by atoms with Crippen LogP contribution in [0.4, 0.5) is 5.69 Å². The molecule has 1 N–H and O–H groups in total. The standard InChI is InChI=1S/C11H7Cl3N2O2S/c12-7-1-2-8(13)10(5-7)16-19(17,18)11-6-15-4-3-9(11)14/h1-6,16H. The Kier molecular flexibility index (Phi) is 4.20. The van der Waals surface area contributed by atoms with E-state index in [1.54, 1.807) is 6.07 Å². The Bertz CT molecular complexity index is 720. The molecule has 0 amide bonds. The van der Waals surface area contributed by atoms with Gasteiger partial charge >= 0.3 is 0 Å². The highest BCUT2D eigenvalue weighted by Crippen LogP contribution is 2.29. The van der Waals surface area contributed by atoms with E-state index in [0.717, 1.165) is 6.20 Å². The zero-order chi connectivity index (χ0) is 14.0.